The molecule has 0 unspecified atom stereocenters. The standard InChI is InChI=1S/C22H27NO3S/c1-14-13-17(22(3,4)5)15(2)19(18(14)26-21(25)23(6)7)27-20(24)16-11-9-8-10-12-16/h8-13H,1-7H3. The molecule has 0 aliphatic carbocycles. The van der Waals surface area contributed by atoms with Gasteiger partial charge in [-0.05, 0) is 47.7 Å². The maximum Gasteiger partial charge on any atom is 0.414 e. The SMILES string of the molecule is Cc1cc(C(C)(C)C)c(C)c(SC(=O)c2ccccc2)c1OC(=O)N(C)C. The lowest BCUT2D eigenvalue weighted by Gasteiger charge is -2.26. The lowest BCUT2D eigenvalue weighted by molar-refractivity contribution is 0.108. The number of ether oxygens (including phenoxy) is 1. The number of hydrogen-bond acceptors (Lipinski definition) is 4. The van der Waals surface area contributed by atoms with Crippen LogP contribution in [0.1, 0.15) is 47.8 Å². The van der Waals surface area contributed by atoms with E-state index in [4.69, 9.17) is 4.74 Å². The fraction of sp³-hybridized carbons (Fsp3) is 0.364. The summed E-state index contributed by atoms with van der Waals surface area (Å²) in [5.74, 6) is 0.452. The van der Waals surface area contributed by atoms with E-state index < -0.39 is 6.09 Å². The maximum atomic E-state index is 12.8. The molecule has 0 saturated heterocycles. The molecule has 0 fully saturated rings. The summed E-state index contributed by atoms with van der Waals surface area (Å²) in [6, 6.07) is 11.2. The Bertz CT molecular complexity index is 852. The van der Waals surface area contributed by atoms with Crippen molar-refractivity contribution < 1.29 is 14.3 Å². The number of nitrogens with zero attached hydrogens (tertiary/aromatic N) is 1. The Morgan fingerprint density at radius 3 is 2.15 bits per heavy atom. The molecule has 0 heterocycles. The summed E-state index contributed by atoms with van der Waals surface area (Å²) < 4.78 is 5.64. The molecule has 0 spiro atoms. The Morgan fingerprint density at radius 1 is 1.04 bits per heavy atom. The summed E-state index contributed by atoms with van der Waals surface area (Å²) in [6.45, 7) is 10.3. The number of thioether (sulfide) groups is 1. The molecule has 0 radical (unpaired) electrons. The zero-order chi connectivity index (χ0) is 20.4. The van der Waals surface area contributed by atoms with Crippen LogP contribution in [0.2, 0.25) is 0 Å². The van der Waals surface area contributed by atoms with E-state index in [2.05, 4.69) is 20.8 Å². The third-order valence-electron chi connectivity index (χ3n) is 4.24. The number of amides is 1. The van der Waals surface area contributed by atoms with Gasteiger partial charge in [-0.15, -0.1) is 0 Å². The van der Waals surface area contributed by atoms with Crippen LogP contribution in [-0.2, 0) is 5.41 Å². The van der Waals surface area contributed by atoms with Crippen molar-refractivity contribution in [2.45, 2.75) is 44.9 Å². The van der Waals surface area contributed by atoms with E-state index in [0.29, 0.717) is 16.2 Å². The minimum atomic E-state index is -0.463. The Labute approximate surface area is 165 Å². The first-order valence-corrected chi connectivity index (χ1v) is 9.65. The number of benzene rings is 2. The van der Waals surface area contributed by atoms with Gasteiger partial charge >= 0.3 is 6.09 Å². The van der Waals surface area contributed by atoms with E-state index in [1.54, 1.807) is 26.2 Å². The van der Waals surface area contributed by atoms with Gasteiger partial charge in [0.1, 0.15) is 5.75 Å². The Balaban J connectivity index is 2.57. The molecule has 4 nitrogen and oxygen atoms in total. The van der Waals surface area contributed by atoms with E-state index in [9.17, 15) is 9.59 Å². The fourth-order valence-electron chi connectivity index (χ4n) is 2.80. The molecule has 2 rings (SSSR count). The van der Waals surface area contributed by atoms with Crippen molar-refractivity contribution in [1.29, 1.82) is 0 Å². The van der Waals surface area contributed by atoms with Gasteiger partial charge in [0.05, 0.1) is 4.90 Å². The monoisotopic (exact) mass is 385 g/mol. The van der Waals surface area contributed by atoms with Crippen LogP contribution in [0.5, 0.6) is 5.75 Å². The molecule has 144 valence electrons. The fourth-order valence-corrected chi connectivity index (χ4v) is 3.79. The maximum absolute atomic E-state index is 12.8. The van der Waals surface area contributed by atoms with Crippen LogP contribution in [0.25, 0.3) is 0 Å². The molecule has 2 aromatic rings. The van der Waals surface area contributed by atoms with E-state index in [1.807, 2.05) is 38.1 Å². The second-order valence-electron chi connectivity index (χ2n) is 7.79. The normalized spacial score (nSPS) is 11.2. The second kappa shape index (κ2) is 8.17. The topological polar surface area (TPSA) is 46.6 Å². The number of hydrogen-bond donors (Lipinski definition) is 0. The lowest BCUT2D eigenvalue weighted by Crippen LogP contribution is -2.26. The minimum Gasteiger partial charge on any atom is -0.409 e. The van der Waals surface area contributed by atoms with Crippen LogP contribution in [0.4, 0.5) is 4.79 Å². The molecule has 0 N–H and O–H groups in total. The van der Waals surface area contributed by atoms with E-state index in [1.165, 1.54) is 4.90 Å². The summed E-state index contributed by atoms with van der Waals surface area (Å²) in [5, 5.41) is -0.0775. The van der Waals surface area contributed by atoms with Gasteiger partial charge in [0.25, 0.3) is 0 Å². The number of aryl methyl sites for hydroxylation is 1. The minimum absolute atomic E-state index is 0.0775. The first-order valence-electron chi connectivity index (χ1n) is 8.83. The summed E-state index contributed by atoms with van der Waals surface area (Å²) in [7, 11) is 3.27. The van der Waals surface area contributed by atoms with Gasteiger partial charge < -0.3 is 9.64 Å². The number of rotatable bonds is 3. The summed E-state index contributed by atoms with van der Waals surface area (Å²) in [5.41, 5.74) is 3.45. The van der Waals surface area contributed by atoms with Gasteiger partial charge in [0, 0.05) is 19.7 Å². The van der Waals surface area contributed by atoms with Crippen LogP contribution in [0, 0.1) is 13.8 Å². The van der Waals surface area contributed by atoms with E-state index in [0.717, 1.165) is 28.5 Å². The quantitative estimate of drug-likeness (QED) is 0.646. The van der Waals surface area contributed by atoms with Crippen LogP contribution in [0.15, 0.2) is 41.3 Å². The predicted molar refractivity (Wildman–Crippen MR) is 111 cm³/mol. The Morgan fingerprint density at radius 2 is 1.63 bits per heavy atom. The van der Waals surface area contributed by atoms with Gasteiger partial charge in [-0.1, -0.05) is 57.2 Å². The predicted octanol–water partition coefficient (Wildman–Crippen LogP) is 5.59. The van der Waals surface area contributed by atoms with Gasteiger partial charge in [-0.2, -0.15) is 0 Å². The summed E-state index contributed by atoms with van der Waals surface area (Å²) in [4.78, 5) is 27.1. The molecule has 27 heavy (non-hydrogen) atoms. The van der Waals surface area contributed by atoms with Crippen molar-refractivity contribution in [2.24, 2.45) is 0 Å². The second-order valence-corrected chi connectivity index (χ2v) is 8.78. The van der Waals surface area contributed by atoms with Crippen molar-refractivity contribution in [3.8, 4) is 5.75 Å². The zero-order valence-electron chi connectivity index (χ0n) is 17.0. The average Bonchev–Trinajstić information content (AvgIpc) is 2.60. The molecule has 0 saturated carbocycles. The van der Waals surface area contributed by atoms with Crippen molar-refractivity contribution in [1.82, 2.24) is 4.90 Å². The van der Waals surface area contributed by atoms with Crippen LogP contribution in [0.3, 0.4) is 0 Å². The Hall–Kier alpha value is -2.27. The summed E-state index contributed by atoms with van der Waals surface area (Å²) in [6.07, 6.45) is -0.463. The number of carbonyl (C=O) groups is 2. The first kappa shape index (κ1) is 21.0. The van der Waals surface area contributed by atoms with Crippen LogP contribution in [-0.4, -0.2) is 30.2 Å². The molecule has 2 aromatic carbocycles. The van der Waals surface area contributed by atoms with Crippen molar-refractivity contribution in [2.75, 3.05) is 14.1 Å². The molecule has 0 aromatic heterocycles. The van der Waals surface area contributed by atoms with Gasteiger partial charge in [0.15, 0.2) is 0 Å². The average molecular weight is 386 g/mol. The zero-order valence-corrected chi connectivity index (χ0v) is 17.9. The molecule has 0 aliphatic heterocycles. The van der Waals surface area contributed by atoms with Gasteiger partial charge in [-0.3, -0.25) is 4.79 Å². The molecular formula is C22H27NO3S. The highest BCUT2D eigenvalue weighted by atomic mass is 32.2. The largest absolute Gasteiger partial charge is 0.414 e. The lowest BCUT2D eigenvalue weighted by atomic mass is 9.83. The summed E-state index contributed by atoms with van der Waals surface area (Å²) >= 11 is 1.11. The molecule has 0 bridgehead atoms. The smallest absolute Gasteiger partial charge is 0.409 e. The molecule has 0 aliphatic rings. The van der Waals surface area contributed by atoms with Crippen molar-refractivity contribution in [3.63, 3.8) is 0 Å². The van der Waals surface area contributed by atoms with Crippen LogP contribution < -0.4 is 4.74 Å². The van der Waals surface area contributed by atoms with Crippen molar-refractivity contribution >= 4 is 23.0 Å². The van der Waals surface area contributed by atoms with Crippen molar-refractivity contribution in [3.05, 3.63) is 58.7 Å². The van der Waals surface area contributed by atoms with Crippen LogP contribution >= 0.6 is 11.8 Å². The molecule has 5 heteroatoms. The third-order valence-corrected chi connectivity index (χ3v) is 5.35. The third kappa shape index (κ3) is 4.92. The van der Waals surface area contributed by atoms with Gasteiger partial charge in [-0.25, -0.2) is 4.79 Å². The van der Waals surface area contributed by atoms with E-state index >= 15 is 0 Å². The highest BCUT2D eigenvalue weighted by molar-refractivity contribution is 8.14. The molecule has 1 amide bonds. The molecule has 0 atom stereocenters. The Kier molecular flexibility index (Phi) is 6.37. The number of carbonyl (C=O) groups excluding carboxylic acids is 2. The van der Waals surface area contributed by atoms with E-state index in [-0.39, 0.29) is 10.5 Å². The molecular weight excluding hydrogens is 358 g/mol. The van der Waals surface area contributed by atoms with Gasteiger partial charge in [0.2, 0.25) is 5.12 Å². The highest BCUT2D eigenvalue weighted by Crippen LogP contribution is 2.42. The first-order chi connectivity index (χ1) is 12.5. The highest BCUT2D eigenvalue weighted by Gasteiger charge is 2.26.